The maximum Gasteiger partial charge on any atom is 0.205 e. The van der Waals surface area contributed by atoms with Crippen LogP contribution in [0.25, 0.3) is 22.5 Å². The number of aromatic nitrogens is 7. The van der Waals surface area contributed by atoms with Gasteiger partial charge in [-0.25, -0.2) is 9.67 Å². The first kappa shape index (κ1) is 19.6. The molecule has 0 saturated heterocycles. The maximum atomic E-state index is 4.95. The highest BCUT2D eigenvalue weighted by Gasteiger charge is 2.12. The van der Waals surface area contributed by atoms with E-state index in [9.17, 15) is 0 Å². The number of aromatic amines is 1. The molecule has 0 bridgehead atoms. The monoisotopic (exact) mass is 413 g/mol. The van der Waals surface area contributed by atoms with Crippen LogP contribution in [-0.4, -0.2) is 40.8 Å². The third-order valence-electron chi connectivity index (χ3n) is 4.60. The van der Waals surface area contributed by atoms with Crippen molar-refractivity contribution in [1.82, 2.24) is 35.4 Å². The number of hydrogen-bond donors (Lipinski definition) is 1. The fourth-order valence-corrected chi connectivity index (χ4v) is 3.34. The van der Waals surface area contributed by atoms with E-state index in [1.165, 1.54) is 0 Å². The Morgan fingerprint density at radius 3 is 2.60 bits per heavy atom. The van der Waals surface area contributed by atoms with Crippen molar-refractivity contribution in [3.8, 4) is 34.4 Å². The number of hydrogen-bond acceptors (Lipinski definition) is 6. The second kappa shape index (κ2) is 9.20. The molecule has 4 rings (SSSR count). The van der Waals surface area contributed by atoms with E-state index in [0.29, 0.717) is 25.2 Å². The highest BCUT2D eigenvalue weighted by Crippen LogP contribution is 2.29. The van der Waals surface area contributed by atoms with Gasteiger partial charge in [0.05, 0.1) is 0 Å². The lowest BCUT2D eigenvalue weighted by Crippen LogP contribution is -2.05. The molecule has 4 aromatic rings. The van der Waals surface area contributed by atoms with Crippen LogP contribution in [0.5, 0.6) is 0 Å². The molecule has 0 unspecified atom stereocenters. The molecule has 0 aliphatic heterocycles. The predicted octanol–water partition coefficient (Wildman–Crippen LogP) is 3.28. The van der Waals surface area contributed by atoms with Crippen LogP contribution in [0, 0.1) is 11.8 Å². The number of nitrogens with zero attached hydrogens (tertiary/aromatic N) is 6. The van der Waals surface area contributed by atoms with Crippen molar-refractivity contribution in [1.29, 1.82) is 0 Å². The molecule has 0 saturated carbocycles. The van der Waals surface area contributed by atoms with Gasteiger partial charge in [-0.2, -0.15) is 10.3 Å². The summed E-state index contributed by atoms with van der Waals surface area (Å²) in [5.74, 6) is 8.14. The van der Waals surface area contributed by atoms with Gasteiger partial charge in [0.1, 0.15) is 12.4 Å². The van der Waals surface area contributed by atoms with Gasteiger partial charge in [0.15, 0.2) is 5.82 Å². The van der Waals surface area contributed by atoms with Gasteiger partial charge in [0.25, 0.3) is 0 Å². The Hall–Kier alpha value is -3.70. The molecule has 0 fully saturated rings. The van der Waals surface area contributed by atoms with Crippen molar-refractivity contribution in [2.45, 2.75) is 26.3 Å². The molecule has 7 nitrogen and oxygen atoms in total. The number of rotatable bonds is 7. The molecule has 148 valence electrons. The van der Waals surface area contributed by atoms with Gasteiger partial charge in [-0.05, 0) is 34.2 Å². The zero-order valence-electron chi connectivity index (χ0n) is 16.4. The van der Waals surface area contributed by atoms with Crippen molar-refractivity contribution in [2.75, 3.05) is 0 Å². The number of thiocarbonyl (C=S) groups is 1. The van der Waals surface area contributed by atoms with Crippen molar-refractivity contribution in [3.63, 3.8) is 0 Å². The number of H-pyrrole nitrogens is 1. The van der Waals surface area contributed by atoms with Crippen molar-refractivity contribution in [3.05, 3.63) is 65.7 Å². The van der Waals surface area contributed by atoms with Gasteiger partial charge < -0.3 is 0 Å². The van der Waals surface area contributed by atoms with E-state index in [1.54, 1.807) is 5.37 Å². The van der Waals surface area contributed by atoms with E-state index in [2.05, 4.69) is 72.9 Å². The molecule has 1 N–H and O–H groups in total. The van der Waals surface area contributed by atoms with Crippen LogP contribution in [0.15, 0.2) is 48.5 Å². The molecule has 0 aliphatic carbocycles. The molecule has 0 amide bonds. The Morgan fingerprint density at radius 2 is 1.90 bits per heavy atom. The third kappa shape index (κ3) is 4.31. The van der Waals surface area contributed by atoms with E-state index >= 15 is 0 Å². The predicted molar refractivity (Wildman–Crippen MR) is 119 cm³/mol. The number of nitrogens with one attached hydrogen (secondary N) is 1. The SMILES string of the molecule is CC#CCn1nc(CC=S)nc1Cc1ccc(-c2ccccc2-c2nn[nH]n2)cc1. The molecule has 0 aliphatic rings. The zero-order valence-corrected chi connectivity index (χ0v) is 17.2. The molecule has 30 heavy (non-hydrogen) atoms. The Morgan fingerprint density at radius 1 is 1.10 bits per heavy atom. The maximum absolute atomic E-state index is 4.95. The van der Waals surface area contributed by atoms with Crippen LogP contribution in [0.4, 0.5) is 0 Å². The second-order valence-electron chi connectivity index (χ2n) is 6.55. The van der Waals surface area contributed by atoms with Crippen LogP contribution in [-0.2, 0) is 19.4 Å². The van der Waals surface area contributed by atoms with Crippen LogP contribution < -0.4 is 0 Å². The first-order chi connectivity index (χ1) is 14.8. The minimum absolute atomic E-state index is 0.520. The minimum Gasteiger partial charge on any atom is -0.237 e. The van der Waals surface area contributed by atoms with Crippen LogP contribution in [0.2, 0.25) is 0 Å². The Bertz CT molecular complexity index is 1200. The van der Waals surface area contributed by atoms with E-state index in [0.717, 1.165) is 33.9 Å². The fraction of sp³-hybridized carbons (Fsp3) is 0.182. The van der Waals surface area contributed by atoms with Crippen LogP contribution >= 0.6 is 12.2 Å². The van der Waals surface area contributed by atoms with Crippen molar-refractivity contribution in [2.24, 2.45) is 0 Å². The number of benzene rings is 2. The van der Waals surface area contributed by atoms with E-state index in [4.69, 9.17) is 12.2 Å². The fourth-order valence-electron chi connectivity index (χ4n) is 3.19. The van der Waals surface area contributed by atoms with E-state index in [-0.39, 0.29) is 0 Å². The summed E-state index contributed by atoms with van der Waals surface area (Å²) in [5, 5.41) is 20.6. The first-order valence-corrected chi connectivity index (χ1v) is 9.93. The summed E-state index contributed by atoms with van der Waals surface area (Å²) < 4.78 is 1.85. The lowest BCUT2D eigenvalue weighted by molar-refractivity contribution is 0.667. The average Bonchev–Trinajstić information content (AvgIpc) is 3.44. The van der Waals surface area contributed by atoms with Gasteiger partial charge in [-0.3, -0.25) is 0 Å². The summed E-state index contributed by atoms with van der Waals surface area (Å²) in [6, 6.07) is 16.4. The first-order valence-electron chi connectivity index (χ1n) is 9.46. The summed E-state index contributed by atoms with van der Waals surface area (Å²) in [7, 11) is 0. The van der Waals surface area contributed by atoms with E-state index in [1.807, 2.05) is 29.8 Å². The Balaban J connectivity index is 1.60. The lowest BCUT2D eigenvalue weighted by atomic mass is 9.98. The van der Waals surface area contributed by atoms with Gasteiger partial charge in [0, 0.05) is 18.4 Å². The van der Waals surface area contributed by atoms with Crippen molar-refractivity contribution < 1.29 is 0 Å². The highest BCUT2D eigenvalue weighted by molar-refractivity contribution is 7.78. The number of tetrazole rings is 1. The van der Waals surface area contributed by atoms with Crippen molar-refractivity contribution >= 4 is 17.6 Å². The summed E-state index contributed by atoms with van der Waals surface area (Å²) in [6.45, 7) is 2.34. The minimum atomic E-state index is 0.520. The summed E-state index contributed by atoms with van der Waals surface area (Å²) in [6.07, 6.45) is 1.24. The standard InChI is InChI=1S/C22H19N7S/c1-2-3-13-29-21(23-20(26-29)12-14-30)15-16-8-10-17(11-9-16)18-6-4-5-7-19(18)22-24-27-28-25-22/h4-11,14H,12-13,15H2,1H3,(H,24,25,27,28). The normalized spacial score (nSPS) is 10.4. The molecule has 8 heteroatoms. The third-order valence-corrected chi connectivity index (χ3v) is 4.77. The van der Waals surface area contributed by atoms with Crippen LogP contribution in [0.3, 0.4) is 0 Å². The molecular weight excluding hydrogens is 394 g/mol. The highest BCUT2D eigenvalue weighted by atomic mass is 32.1. The Kier molecular flexibility index (Phi) is 6.01. The quantitative estimate of drug-likeness (QED) is 0.370. The average molecular weight is 414 g/mol. The molecule has 0 spiro atoms. The molecule has 2 heterocycles. The van der Waals surface area contributed by atoms with E-state index < -0.39 is 0 Å². The second-order valence-corrected chi connectivity index (χ2v) is 6.89. The molecular formula is C22H19N7S. The molecule has 0 radical (unpaired) electrons. The summed E-state index contributed by atoms with van der Waals surface area (Å²) in [4.78, 5) is 4.64. The molecule has 2 aromatic heterocycles. The smallest absolute Gasteiger partial charge is 0.205 e. The van der Waals surface area contributed by atoms with Gasteiger partial charge in [0.2, 0.25) is 5.82 Å². The summed E-state index contributed by atoms with van der Waals surface area (Å²) >= 11 is 4.95. The zero-order chi connectivity index (χ0) is 20.8. The lowest BCUT2D eigenvalue weighted by Gasteiger charge is -2.08. The topological polar surface area (TPSA) is 85.2 Å². The van der Waals surface area contributed by atoms with Gasteiger partial charge in [-0.1, -0.05) is 66.7 Å². The van der Waals surface area contributed by atoms with Crippen LogP contribution in [0.1, 0.15) is 24.1 Å². The largest absolute Gasteiger partial charge is 0.237 e. The van der Waals surface area contributed by atoms with Gasteiger partial charge in [-0.15, -0.1) is 16.1 Å². The molecule has 2 aromatic carbocycles. The Labute approximate surface area is 179 Å². The summed E-state index contributed by atoms with van der Waals surface area (Å²) in [5.41, 5.74) is 4.21. The van der Waals surface area contributed by atoms with Gasteiger partial charge >= 0.3 is 0 Å². The molecule has 0 atom stereocenters.